The second-order valence-electron chi connectivity index (χ2n) is 5.84. The Hall–Kier alpha value is -3.13. The molecule has 1 fully saturated rings. The molecule has 0 bridgehead atoms. The zero-order valence-electron chi connectivity index (χ0n) is 13.3. The lowest BCUT2D eigenvalue weighted by molar-refractivity contribution is -0.122. The van der Waals surface area contributed by atoms with Crippen molar-refractivity contribution in [1.29, 1.82) is 5.26 Å². The van der Waals surface area contributed by atoms with E-state index >= 15 is 0 Å². The van der Waals surface area contributed by atoms with Crippen molar-refractivity contribution in [3.05, 3.63) is 59.7 Å². The van der Waals surface area contributed by atoms with Crippen molar-refractivity contribution >= 4 is 23.2 Å². The van der Waals surface area contributed by atoms with Gasteiger partial charge < -0.3 is 10.2 Å². The highest BCUT2D eigenvalue weighted by Gasteiger charge is 2.35. The maximum Gasteiger partial charge on any atom is 0.229 e. The molecule has 0 radical (unpaired) electrons. The van der Waals surface area contributed by atoms with Crippen molar-refractivity contribution < 1.29 is 9.59 Å². The van der Waals surface area contributed by atoms with Crippen LogP contribution in [-0.4, -0.2) is 18.4 Å². The molecule has 2 amide bonds. The van der Waals surface area contributed by atoms with Gasteiger partial charge in [-0.3, -0.25) is 9.59 Å². The molecule has 3 rings (SSSR count). The van der Waals surface area contributed by atoms with Crippen molar-refractivity contribution in [2.75, 3.05) is 16.8 Å². The van der Waals surface area contributed by atoms with E-state index in [2.05, 4.69) is 11.4 Å². The Bertz CT molecular complexity index is 839. The molecule has 1 N–H and O–H groups in total. The minimum absolute atomic E-state index is 0.0574. The zero-order chi connectivity index (χ0) is 17.1. The van der Waals surface area contributed by atoms with E-state index in [9.17, 15) is 9.59 Å². The van der Waals surface area contributed by atoms with Crippen molar-refractivity contribution in [1.82, 2.24) is 0 Å². The molecule has 1 heterocycles. The molecule has 5 heteroatoms. The van der Waals surface area contributed by atoms with Gasteiger partial charge in [-0.2, -0.15) is 5.26 Å². The lowest BCUT2D eigenvalue weighted by Gasteiger charge is -2.19. The van der Waals surface area contributed by atoms with Gasteiger partial charge in [-0.05, 0) is 30.7 Å². The van der Waals surface area contributed by atoms with Crippen LogP contribution in [0.5, 0.6) is 0 Å². The number of aryl methyl sites for hydroxylation is 1. The largest absolute Gasteiger partial charge is 0.325 e. The maximum atomic E-state index is 12.5. The zero-order valence-corrected chi connectivity index (χ0v) is 13.3. The van der Waals surface area contributed by atoms with E-state index in [4.69, 9.17) is 5.26 Å². The number of amides is 2. The molecule has 1 atom stereocenters. The fourth-order valence-electron chi connectivity index (χ4n) is 2.91. The van der Waals surface area contributed by atoms with E-state index in [0.717, 1.165) is 11.3 Å². The van der Waals surface area contributed by atoms with E-state index in [1.807, 2.05) is 31.2 Å². The third-order valence-corrected chi connectivity index (χ3v) is 4.21. The number of carbonyl (C=O) groups is 2. The molecule has 24 heavy (non-hydrogen) atoms. The van der Waals surface area contributed by atoms with Gasteiger partial charge in [0.05, 0.1) is 17.2 Å². The first-order chi connectivity index (χ1) is 11.6. The molecule has 5 nitrogen and oxygen atoms in total. The van der Waals surface area contributed by atoms with Gasteiger partial charge in [0.15, 0.2) is 0 Å². The van der Waals surface area contributed by atoms with Crippen LogP contribution in [0.15, 0.2) is 48.5 Å². The maximum absolute atomic E-state index is 12.5. The Morgan fingerprint density at radius 3 is 2.67 bits per heavy atom. The Kier molecular flexibility index (Phi) is 4.30. The lowest BCUT2D eigenvalue weighted by Crippen LogP contribution is -2.28. The molecule has 120 valence electrons. The fraction of sp³-hybridized carbons (Fsp3) is 0.211. The minimum Gasteiger partial charge on any atom is -0.325 e. The average molecular weight is 319 g/mol. The van der Waals surface area contributed by atoms with Gasteiger partial charge in [-0.1, -0.05) is 30.3 Å². The lowest BCUT2D eigenvalue weighted by atomic mass is 10.1. The molecule has 1 saturated heterocycles. The van der Waals surface area contributed by atoms with Gasteiger partial charge in [0.1, 0.15) is 6.07 Å². The van der Waals surface area contributed by atoms with Crippen molar-refractivity contribution in [3.63, 3.8) is 0 Å². The van der Waals surface area contributed by atoms with Gasteiger partial charge in [0, 0.05) is 18.7 Å². The van der Waals surface area contributed by atoms with Gasteiger partial charge >= 0.3 is 0 Å². The number of hydrogen-bond acceptors (Lipinski definition) is 3. The second-order valence-corrected chi connectivity index (χ2v) is 5.84. The molecular weight excluding hydrogens is 302 g/mol. The van der Waals surface area contributed by atoms with Gasteiger partial charge in [0.2, 0.25) is 11.8 Å². The van der Waals surface area contributed by atoms with E-state index in [0.29, 0.717) is 17.8 Å². The number of nitriles is 1. The van der Waals surface area contributed by atoms with Crippen LogP contribution in [0.3, 0.4) is 0 Å². The number of hydrogen-bond donors (Lipinski definition) is 1. The smallest absolute Gasteiger partial charge is 0.229 e. The monoisotopic (exact) mass is 319 g/mol. The number of rotatable bonds is 3. The number of nitrogens with zero attached hydrogens (tertiary/aromatic N) is 2. The summed E-state index contributed by atoms with van der Waals surface area (Å²) >= 11 is 0. The predicted octanol–water partition coefficient (Wildman–Crippen LogP) is 2.86. The van der Waals surface area contributed by atoms with Crippen LogP contribution < -0.4 is 10.2 Å². The Labute approximate surface area is 140 Å². The second kappa shape index (κ2) is 6.55. The topological polar surface area (TPSA) is 73.2 Å². The van der Waals surface area contributed by atoms with Crippen LogP contribution in [0.2, 0.25) is 0 Å². The first kappa shape index (κ1) is 15.8. The number of nitrogens with one attached hydrogen (secondary N) is 1. The SMILES string of the molecule is Cc1ccccc1N1CC(C(=O)Nc2ccccc2C#N)CC1=O. The third-order valence-electron chi connectivity index (χ3n) is 4.21. The molecule has 0 aliphatic carbocycles. The summed E-state index contributed by atoms with van der Waals surface area (Å²) in [6.45, 7) is 2.30. The van der Waals surface area contributed by atoms with Crippen LogP contribution in [0, 0.1) is 24.2 Å². The molecule has 2 aromatic rings. The number of benzene rings is 2. The highest BCUT2D eigenvalue weighted by molar-refractivity contribution is 6.04. The summed E-state index contributed by atoms with van der Waals surface area (Å²) in [4.78, 5) is 26.5. The van der Waals surface area contributed by atoms with Gasteiger partial charge in [0.25, 0.3) is 0 Å². The van der Waals surface area contributed by atoms with Crippen LogP contribution >= 0.6 is 0 Å². The third kappa shape index (κ3) is 2.99. The van der Waals surface area contributed by atoms with E-state index in [-0.39, 0.29) is 18.2 Å². The van der Waals surface area contributed by atoms with E-state index < -0.39 is 5.92 Å². The normalized spacial score (nSPS) is 16.8. The van der Waals surface area contributed by atoms with E-state index in [1.165, 1.54) is 0 Å². The van der Waals surface area contributed by atoms with Gasteiger partial charge in [-0.15, -0.1) is 0 Å². The molecular formula is C19H17N3O2. The molecule has 1 unspecified atom stereocenters. The van der Waals surface area contributed by atoms with Crippen molar-refractivity contribution in [3.8, 4) is 6.07 Å². The molecule has 1 aliphatic rings. The fourth-order valence-corrected chi connectivity index (χ4v) is 2.91. The van der Waals surface area contributed by atoms with Gasteiger partial charge in [-0.25, -0.2) is 0 Å². The molecule has 2 aromatic carbocycles. The summed E-state index contributed by atoms with van der Waals surface area (Å²) in [5.41, 5.74) is 2.73. The summed E-state index contributed by atoms with van der Waals surface area (Å²) in [5, 5.41) is 11.9. The summed E-state index contributed by atoms with van der Waals surface area (Å²) in [6.07, 6.45) is 0.175. The van der Waals surface area contributed by atoms with Crippen LogP contribution in [0.1, 0.15) is 17.5 Å². The Morgan fingerprint density at radius 2 is 1.92 bits per heavy atom. The highest BCUT2D eigenvalue weighted by Crippen LogP contribution is 2.28. The minimum atomic E-state index is -0.427. The van der Waals surface area contributed by atoms with E-state index in [1.54, 1.807) is 29.2 Å². The van der Waals surface area contributed by atoms with Crippen LogP contribution in [-0.2, 0) is 9.59 Å². The summed E-state index contributed by atoms with van der Waals surface area (Å²) in [6, 6.07) is 16.5. The molecule has 0 aromatic heterocycles. The predicted molar refractivity (Wildman–Crippen MR) is 91.4 cm³/mol. The first-order valence-corrected chi connectivity index (χ1v) is 7.76. The highest BCUT2D eigenvalue weighted by atomic mass is 16.2. The Balaban J connectivity index is 1.75. The molecule has 0 saturated carbocycles. The standard InChI is InChI=1S/C19H17N3O2/c1-13-6-2-5-9-17(13)22-12-15(10-18(22)23)19(24)21-16-8-4-3-7-14(16)11-20/h2-9,15H,10,12H2,1H3,(H,21,24). The van der Waals surface area contributed by atoms with Crippen molar-refractivity contribution in [2.45, 2.75) is 13.3 Å². The number of carbonyl (C=O) groups excluding carboxylic acids is 2. The molecule has 1 aliphatic heterocycles. The summed E-state index contributed by atoms with van der Waals surface area (Å²) in [5.74, 6) is -0.719. The summed E-state index contributed by atoms with van der Waals surface area (Å²) in [7, 11) is 0. The Morgan fingerprint density at radius 1 is 1.21 bits per heavy atom. The van der Waals surface area contributed by atoms with Crippen LogP contribution in [0.4, 0.5) is 11.4 Å². The van der Waals surface area contributed by atoms with Crippen molar-refractivity contribution in [2.24, 2.45) is 5.92 Å². The number of para-hydroxylation sites is 2. The summed E-state index contributed by atoms with van der Waals surface area (Å²) < 4.78 is 0. The van der Waals surface area contributed by atoms with Crippen LogP contribution in [0.25, 0.3) is 0 Å². The quantitative estimate of drug-likeness (QED) is 0.945. The number of anilines is 2. The first-order valence-electron chi connectivity index (χ1n) is 7.76. The molecule has 0 spiro atoms. The average Bonchev–Trinajstić information content (AvgIpc) is 2.97.